The van der Waals surface area contributed by atoms with Crippen LogP contribution in [0.1, 0.15) is 50.0 Å². The summed E-state index contributed by atoms with van der Waals surface area (Å²) in [6.45, 7) is 9.60. The van der Waals surface area contributed by atoms with Crippen molar-refractivity contribution in [3.05, 3.63) is 29.3 Å². The van der Waals surface area contributed by atoms with E-state index in [-0.39, 0.29) is 11.9 Å². The van der Waals surface area contributed by atoms with Crippen LogP contribution in [0.4, 0.5) is 0 Å². The van der Waals surface area contributed by atoms with Gasteiger partial charge in [0.1, 0.15) is 5.75 Å². The van der Waals surface area contributed by atoms with Gasteiger partial charge in [0, 0.05) is 23.8 Å². The van der Waals surface area contributed by atoms with Crippen LogP contribution >= 0.6 is 0 Å². The standard InChI is InChI=1S/C16H25NO3/c1-5-12(4)17-16(18)13-8-9-15(20-7-3)14(10-13)11-19-6-2/h8-10,12H,5-7,11H2,1-4H3,(H,17,18)/t12-/m1/s1. The Hall–Kier alpha value is -1.55. The Balaban J connectivity index is 2.89. The molecule has 4 nitrogen and oxygen atoms in total. The number of carbonyl (C=O) groups excluding carboxylic acids is 1. The van der Waals surface area contributed by atoms with Crippen LogP contribution in [0, 0.1) is 0 Å². The van der Waals surface area contributed by atoms with Crippen LogP contribution < -0.4 is 10.1 Å². The summed E-state index contributed by atoms with van der Waals surface area (Å²) in [6.07, 6.45) is 0.911. The molecule has 0 aliphatic rings. The van der Waals surface area contributed by atoms with E-state index in [1.165, 1.54) is 0 Å². The maximum atomic E-state index is 12.1. The minimum atomic E-state index is -0.0554. The first-order chi connectivity index (χ1) is 9.62. The predicted octanol–water partition coefficient (Wildman–Crippen LogP) is 3.15. The minimum absolute atomic E-state index is 0.0554. The lowest BCUT2D eigenvalue weighted by Crippen LogP contribution is -2.31. The number of hydrogen-bond acceptors (Lipinski definition) is 3. The summed E-state index contributed by atoms with van der Waals surface area (Å²) in [6, 6.07) is 5.64. The van der Waals surface area contributed by atoms with Gasteiger partial charge >= 0.3 is 0 Å². The highest BCUT2D eigenvalue weighted by atomic mass is 16.5. The third-order valence-corrected chi connectivity index (χ3v) is 3.07. The Bertz CT molecular complexity index is 432. The molecule has 0 aliphatic heterocycles. The van der Waals surface area contributed by atoms with Crippen molar-refractivity contribution in [3.63, 3.8) is 0 Å². The second-order valence-electron chi connectivity index (χ2n) is 4.68. The van der Waals surface area contributed by atoms with Gasteiger partial charge in [0.15, 0.2) is 0 Å². The molecule has 0 unspecified atom stereocenters. The van der Waals surface area contributed by atoms with Crippen molar-refractivity contribution < 1.29 is 14.3 Å². The van der Waals surface area contributed by atoms with Gasteiger partial charge in [-0.05, 0) is 45.4 Å². The summed E-state index contributed by atoms with van der Waals surface area (Å²) in [5, 5.41) is 2.96. The smallest absolute Gasteiger partial charge is 0.251 e. The van der Waals surface area contributed by atoms with E-state index < -0.39 is 0 Å². The lowest BCUT2D eigenvalue weighted by Gasteiger charge is -2.14. The molecule has 1 atom stereocenters. The summed E-state index contributed by atoms with van der Waals surface area (Å²) in [5.74, 6) is 0.723. The third-order valence-electron chi connectivity index (χ3n) is 3.07. The molecule has 0 saturated carbocycles. The molecule has 0 saturated heterocycles. The summed E-state index contributed by atoms with van der Waals surface area (Å²) < 4.78 is 11.0. The zero-order valence-corrected chi connectivity index (χ0v) is 12.9. The Labute approximate surface area is 121 Å². The molecular formula is C16H25NO3. The Kier molecular flexibility index (Phi) is 7.09. The zero-order chi connectivity index (χ0) is 15.0. The normalized spacial score (nSPS) is 12.0. The topological polar surface area (TPSA) is 47.6 Å². The molecule has 4 heteroatoms. The van der Waals surface area contributed by atoms with Crippen LogP contribution in [-0.4, -0.2) is 25.2 Å². The van der Waals surface area contributed by atoms with Crippen molar-refractivity contribution in [2.24, 2.45) is 0 Å². The van der Waals surface area contributed by atoms with Gasteiger partial charge < -0.3 is 14.8 Å². The Morgan fingerprint density at radius 1 is 1.25 bits per heavy atom. The molecule has 20 heavy (non-hydrogen) atoms. The number of carbonyl (C=O) groups is 1. The number of ether oxygens (including phenoxy) is 2. The van der Waals surface area contributed by atoms with Gasteiger partial charge in [-0.25, -0.2) is 0 Å². The maximum Gasteiger partial charge on any atom is 0.251 e. The molecule has 0 radical (unpaired) electrons. The SMILES string of the molecule is CCOCc1cc(C(=O)N[C@H](C)CC)ccc1OCC. The number of amides is 1. The Morgan fingerprint density at radius 3 is 2.60 bits per heavy atom. The van der Waals surface area contributed by atoms with E-state index in [1.807, 2.05) is 39.8 Å². The second-order valence-corrected chi connectivity index (χ2v) is 4.68. The summed E-state index contributed by atoms with van der Waals surface area (Å²) in [5.41, 5.74) is 1.55. The Morgan fingerprint density at radius 2 is 2.00 bits per heavy atom. The first-order valence-corrected chi connectivity index (χ1v) is 7.26. The van der Waals surface area contributed by atoms with Gasteiger partial charge in [-0.15, -0.1) is 0 Å². The van der Waals surface area contributed by atoms with Crippen molar-refractivity contribution in [2.45, 2.75) is 46.8 Å². The summed E-state index contributed by atoms with van der Waals surface area (Å²) in [4.78, 5) is 12.1. The number of hydrogen-bond donors (Lipinski definition) is 1. The largest absolute Gasteiger partial charge is 0.494 e. The van der Waals surface area contributed by atoms with Crippen LogP contribution in [0.15, 0.2) is 18.2 Å². The van der Waals surface area contributed by atoms with Crippen LogP contribution in [0.5, 0.6) is 5.75 Å². The monoisotopic (exact) mass is 279 g/mol. The summed E-state index contributed by atoms with van der Waals surface area (Å²) >= 11 is 0. The lowest BCUT2D eigenvalue weighted by molar-refractivity contribution is 0.0938. The van der Waals surface area contributed by atoms with E-state index in [0.717, 1.165) is 17.7 Å². The molecule has 0 spiro atoms. The van der Waals surface area contributed by atoms with E-state index >= 15 is 0 Å². The molecular weight excluding hydrogens is 254 g/mol. The molecule has 1 amide bonds. The zero-order valence-electron chi connectivity index (χ0n) is 12.9. The average molecular weight is 279 g/mol. The van der Waals surface area contributed by atoms with Gasteiger partial charge in [-0.1, -0.05) is 6.92 Å². The van der Waals surface area contributed by atoms with Gasteiger partial charge in [0.25, 0.3) is 5.91 Å². The van der Waals surface area contributed by atoms with Crippen LogP contribution in [0.3, 0.4) is 0 Å². The van der Waals surface area contributed by atoms with Crippen molar-refractivity contribution in [1.82, 2.24) is 5.32 Å². The van der Waals surface area contributed by atoms with E-state index in [2.05, 4.69) is 5.32 Å². The van der Waals surface area contributed by atoms with Crippen LogP contribution in [0.2, 0.25) is 0 Å². The molecule has 1 aromatic rings. The number of benzene rings is 1. The fourth-order valence-electron chi connectivity index (χ4n) is 1.75. The molecule has 112 valence electrons. The van der Waals surface area contributed by atoms with Gasteiger partial charge in [-0.3, -0.25) is 4.79 Å². The molecule has 1 aromatic carbocycles. The molecule has 0 aromatic heterocycles. The molecule has 0 bridgehead atoms. The highest BCUT2D eigenvalue weighted by molar-refractivity contribution is 5.94. The first kappa shape index (κ1) is 16.5. The molecule has 1 rings (SSSR count). The maximum absolute atomic E-state index is 12.1. The highest BCUT2D eigenvalue weighted by Crippen LogP contribution is 2.21. The molecule has 1 N–H and O–H groups in total. The predicted molar refractivity (Wildman–Crippen MR) is 80.2 cm³/mol. The first-order valence-electron chi connectivity index (χ1n) is 7.26. The number of rotatable bonds is 8. The molecule has 0 aliphatic carbocycles. The molecule has 0 fully saturated rings. The van der Waals surface area contributed by atoms with E-state index in [0.29, 0.717) is 25.4 Å². The fourth-order valence-corrected chi connectivity index (χ4v) is 1.75. The van der Waals surface area contributed by atoms with Gasteiger partial charge in [0.05, 0.1) is 13.2 Å². The minimum Gasteiger partial charge on any atom is -0.494 e. The van der Waals surface area contributed by atoms with E-state index in [9.17, 15) is 4.79 Å². The second kappa shape index (κ2) is 8.59. The van der Waals surface area contributed by atoms with Crippen molar-refractivity contribution in [3.8, 4) is 5.75 Å². The van der Waals surface area contributed by atoms with Crippen molar-refractivity contribution in [2.75, 3.05) is 13.2 Å². The van der Waals surface area contributed by atoms with Crippen LogP contribution in [0.25, 0.3) is 0 Å². The highest BCUT2D eigenvalue weighted by Gasteiger charge is 2.12. The van der Waals surface area contributed by atoms with Crippen molar-refractivity contribution >= 4 is 5.91 Å². The quantitative estimate of drug-likeness (QED) is 0.795. The van der Waals surface area contributed by atoms with Gasteiger partial charge in [0.2, 0.25) is 0 Å². The van der Waals surface area contributed by atoms with E-state index in [4.69, 9.17) is 9.47 Å². The van der Waals surface area contributed by atoms with Gasteiger partial charge in [-0.2, -0.15) is 0 Å². The number of nitrogens with one attached hydrogen (secondary N) is 1. The van der Waals surface area contributed by atoms with Crippen LogP contribution in [-0.2, 0) is 11.3 Å². The van der Waals surface area contributed by atoms with Crippen molar-refractivity contribution in [1.29, 1.82) is 0 Å². The third kappa shape index (κ3) is 4.85. The fraction of sp³-hybridized carbons (Fsp3) is 0.562. The summed E-state index contributed by atoms with van der Waals surface area (Å²) in [7, 11) is 0. The average Bonchev–Trinajstić information content (AvgIpc) is 2.46. The van der Waals surface area contributed by atoms with E-state index in [1.54, 1.807) is 6.07 Å². The molecule has 0 heterocycles. The lowest BCUT2D eigenvalue weighted by atomic mass is 10.1.